The molecule has 0 atom stereocenters. The summed E-state index contributed by atoms with van der Waals surface area (Å²) in [6, 6.07) is 11.0. The van der Waals surface area contributed by atoms with Crippen LogP contribution in [0.25, 0.3) is 0 Å². The molecule has 0 radical (unpaired) electrons. The number of hydrogen-bond acceptors (Lipinski definition) is 0. The van der Waals surface area contributed by atoms with E-state index in [-0.39, 0.29) is 20.9 Å². The average molecular weight is 409 g/mol. The third-order valence-electron chi connectivity index (χ3n) is 2.30. The standard InChI is InChI=1S/C15H22SeTe/c1-3-5-12-15(17-13-6-4-2)16-14-10-8-7-9-11-14/h7-12H,3-6,13H2,1-2H3/b15-12-. The van der Waals surface area contributed by atoms with Gasteiger partial charge < -0.3 is 0 Å². The van der Waals surface area contributed by atoms with E-state index in [1.54, 1.807) is 4.46 Å². The van der Waals surface area contributed by atoms with Crippen LogP contribution >= 0.6 is 0 Å². The van der Waals surface area contributed by atoms with Crippen molar-refractivity contribution in [3.05, 3.63) is 38.9 Å². The molecule has 0 amide bonds. The molecule has 0 bridgehead atoms. The van der Waals surface area contributed by atoms with E-state index in [4.69, 9.17) is 0 Å². The Hall–Kier alpha value is 0.269. The first kappa shape index (κ1) is 15.3. The number of unbranched alkanes of at least 4 members (excludes halogenated alkanes) is 2. The van der Waals surface area contributed by atoms with Crippen LogP contribution in [0.15, 0.2) is 38.9 Å². The van der Waals surface area contributed by atoms with Gasteiger partial charge in [0.15, 0.2) is 0 Å². The Morgan fingerprint density at radius 2 is 1.94 bits per heavy atom. The molecule has 0 nitrogen and oxygen atoms in total. The van der Waals surface area contributed by atoms with Gasteiger partial charge in [-0.15, -0.1) is 0 Å². The van der Waals surface area contributed by atoms with E-state index in [0.29, 0.717) is 15.0 Å². The second kappa shape index (κ2) is 10.2. The monoisotopic (exact) mass is 412 g/mol. The van der Waals surface area contributed by atoms with Gasteiger partial charge in [0.2, 0.25) is 0 Å². The zero-order valence-electron chi connectivity index (χ0n) is 10.8. The minimum atomic E-state index is 0.120. The van der Waals surface area contributed by atoms with Crippen molar-refractivity contribution in [2.24, 2.45) is 0 Å². The van der Waals surface area contributed by atoms with Gasteiger partial charge in [-0.05, 0) is 0 Å². The summed E-state index contributed by atoms with van der Waals surface area (Å²) in [6.45, 7) is 4.57. The fourth-order valence-corrected chi connectivity index (χ4v) is 8.92. The van der Waals surface area contributed by atoms with Gasteiger partial charge >= 0.3 is 123 Å². The molecule has 0 saturated heterocycles. The van der Waals surface area contributed by atoms with Crippen LogP contribution in [0.3, 0.4) is 0 Å². The van der Waals surface area contributed by atoms with Gasteiger partial charge in [-0.2, -0.15) is 0 Å². The molecule has 0 aromatic heterocycles. The molecule has 0 saturated carbocycles. The van der Waals surface area contributed by atoms with Crippen LogP contribution in [0.4, 0.5) is 0 Å². The molecule has 0 unspecified atom stereocenters. The summed E-state index contributed by atoms with van der Waals surface area (Å²) in [7, 11) is 0. The van der Waals surface area contributed by atoms with E-state index < -0.39 is 0 Å². The summed E-state index contributed by atoms with van der Waals surface area (Å²) >= 11 is 0.724. The number of rotatable bonds is 8. The molecule has 0 heterocycles. The first-order valence-corrected chi connectivity index (χ1v) is 10.9. The van der Waals surface area contributed by atoms with E-state index in [9.17, 15) is 0 Å². The van der Waals surface area contributed by atoms with Crippen LogP contribution in [-0.2, 0) is 0 Å². The van der Waals surface area contributed by atoms with E-state index in [0.717, 1.165) is 0 Å². The Morgan fingerprint density at radius 3 is 2.59 bits per heavy atom. The summed E-state index contributed by atoms with van der Waals surface area (Å²) in [5.74, 6) is 0. The minimum absolute atomic E-state index is 0.120. The van der Waals surface area contributed by atoms with E-state index >= 15 is 0 Å². The summed E-state index contributed by atoms with van der Waals surface area (Å²) in [5, 5.41) is 0. The van der Waals surface area contributed by atoms with Crippen molar-refractivity contribution < 1.29 is 0 Å². The molecule has 0 aliphatic carbocycles. The number of benzene rings is 1. The van der Waals surface area contributed by atoms with Crippen LogP contribution in [0.1, 0.15) is 39.5 Å². The molecule has 0 fully saturated rings. The Bertz CT molecular complexity index is 319. The molecule has 17 heavy (non-hydrogen) atoms. The van der Waals surface area contributed by atoms with Gasteiger partial charge in [0.25, 0.3) is 0 Å². The van der Waals surface area contributed by atoms with Crippen molar-refractivity contribution in [3.8, 4) is 0 Å². The third-order valence-corrected chi connectivity index (χ3v) is 9.73. The number of hydrogen-bond donors (Lipinski definition) is 0. The molecule has 0 spiro atoms. The second-order valence-electron chi connectivity index (χ2n) is 3.93. The SMILES string of the molecule is CCC/C=C(/[Se]c1ccccc1)[Te]CCCC. The molecule has 1 aromatic rings. The Kier molecular flexibility index (Phi) is 9.21. The Labute approximate surface area is 123 Å². The first-order chi connectivity index (χ1) is 8.36. The summed E-state index contributed by atoms with van der Waals surface area (Å²) < 4.78 is 4.86. The quantitative estimate of drug-likeness (QED) is 0.455. The zero-order chi connectivity index (χ0) is 12.3. The van der Waals surface area contributed by atoms with E-state index in [1.165, 1.54) is 30.2 Å². The molecule has 1 aromatic carbocycles. The predicted octanol–water partition coefficient (Wildman–Crippen LogP) is 3.58. The number of allylic oxidation sites excluding steroid dienone is 1. The van der Waals surface area contributed by atoms with Crippen LogP contribution < -0.4 is 4.46 Å². The van der Waals surface area contributed by atoms with Crippen LogP contribution in [-0.4, -0.2) is 35.9 Å². The average Bonchev–Trinajstić information content (AvgIpc) is 2.37. The topological polar surface area (TPSA) is 0 Å². The van der Waals surface area contributed by atoms with Gasteiger partial charge in [-0.25, -0.2) is 0 Å². The van der Waals surface area contributed by atoms with Gasteiger partial charge in [-0.3, -0.25) is 0 Å². The first-order valence-electron chi connectivity index (χ1n) is 6.42. The van der Waals surface area contributed by atoms with Gasteiger partial charge in [0.1, 0.15) is 0 Å². The Morgan fingerprint density at radius 1 is 1.18 bits per heavy atom. The molecule has 0 aliphatic rings. The van der Waals surface area contributed by atoms with Crippen LogP contribution in [0, 0.1) is 0 Å². The molecule has 0 N–H and O–H groups in total. The van der Waals surface area contributed by atoms with Gasteiger partial charge in [-0.1, -0.05) is 0 Å². The van der Waals surface area contributed by atoms with Crippen LogP contribution in [0.2, 0.25) is 4.47 Å². The van der Waals surface area contributed by atoms with Gasteiger partial charge in [0, 0.05) is 0 Å². The van der Waals surface area contributed by atoms with Crippen molar-refractivity contribution in [2.45, 2.75) is 44.0 Å². The molecule has 2 heteroatoms. The van der Waals surface area contributed by atoms with Crippen molar-refractivity contribution in [3.63, 3.8) is 0 Å². The fraction of sp³-hybridized carbons (Fsp3) is 0.467. The van der Waals surface area contributed by atoms with E-state index in [2.05, 4.69) is 50.3 Å². The zero-order valence-corrected chi connectivity index (χ0v) is 14.9. The van der Waals surface area contributed by atoms with E-state index in [1.807, 2.05) is 2.52 Å². The van der Waals surface area contributed by atoms with Crippen LogP contribution in [0.5, 0.6) is 0 Å². The Balaban J connectivity index is 2.51. The summed E-state index contributed by atoms with van der Waals surface area (Å²) in [5.41, 5.74) is 0. The van der Waals surface area contributed by atoms with Crippen molar-refractivity contribution >= 4 is 40.3 Å². The molecule has 94 valence electrons. The van der Waals surface area contributed by atoms with Crippen molar-refractivity contribution in [1.29, 1.82) is 0 Å². The maximum atomic E-state index is 2.55. The predicted molar refractivity (Wildman–Crippen MR) is 80.3 cm³/mol. The molecule has 0 aliphatic heterocycles. The van der Waals surface area contributed by atoms with Crippen molar-refractivity contribution in [2.75, 3.05) is 0 Å². The van der Waals surface area contributed by atoms with Gasteiger partial charge in [0.05, 0.1) is 0 Å². The molecular weight excluding hydrogens is 387 g/mol. The molecular formula is C15H22SeTe. The summed E-state index contributed by atoms with van der Waals surface area (Å²) in [6.07, 6.45) is 7.89. The normalized spacial score (nSPS) is 11.8. The maximum absolute atomic E-state index is 2.55. The molecule has 1 rings (SSSR count). The summed E-state index contributed by atoms with van der Waals surface area (Å²) in [4.78, 5) is 0. The fourth-order valence-electron chi connectivity index (χ4n) is 1.31. The second-order valence-corrected chi connectivity index (χ2v) is 11.3. The third kappa shape index (κ3) is 7.32. The van der Waals surface area contributed by atoms with Crippen molar-refractivity contribution in [1.82, 2.24) is 0 Å².